The summed E-state index contributed by atoms with van der Waals surface area (Å²) in [6.07, 6.45) is 21.7. The smallest absolute Gasteiger partial charge is 0.305 e. The van der Waals surface area contributed by atoms with E-state index in [1.54, 1.807) is 0 Å². The fourth-order valence-corrected chi connectivity index (χ4v) is 3.42. The Morgan fingerprint density at radius 2 is 0.818 bits per heavy atom. The summed E-state index contributed by atoms with van der Waals surface area (Å²) >= 11 is 0. The maximum absolute atomic E-state index is 11.4. The first-order valence-corrected chi connectivity index (χ1v) is 13.5. The molecule has 0 aliphatic carbocycles. The van der Waals surface area contributed by atoms with Gasteiger partial charge < -0.3 is 14.9 Å². The van der Waals surface area contributed by atoms with Gasteiger partial charge in [-0.1, -0.05) is 104 Å². The molecule has 0 fully saturated rings. The zero-order valence-electron chi connectivity index (χ0n) is 21.6. The third-order valence-corrected chi connectivity index (χ3v) is 5.53. The van der Waals surface area contributed by atoms with Gasteiger partial charge >= 0.3 is 17.9 Å². The summed E-state index contributed by atoms with van der Waals surface area (Å²) in [5, 5.41) is 16.6. The van der Waals surface area contributed by atoms with E-state index < -0.39 is 11.9 Å². The predicted octanol–water partition coefficient (Wildman–Crippen LogP) is 7.92. The second-order valence-corrected chi connectivity index (χ2v) is 8.91. The number of ether oxygens (including phenoxy) is 1. The third kappa shape index (κ3) is 35.2. The van der Waals surface area contributed by atoms with Gasteiger partial charge in [0.1, 0.15) is 0 Å². The van der Waals surface area contributed by atoms with Crippen LogP contribution >= 0.6 is 0 Å². The van der Waals surface area contributed by atoms with Gasteiger partial charge in [0.15, 0.2) is 0 Å². The molecule has 0 aliphatic heterocycles. The van der Waals surface area contributed by atoms with E-state index in [-0.39, 0.29) is 18.8 Å². The van der Waals surface area contributed by atoms with Gasteiger partial charge in [0.05, 0.1) is 6.61 Å². The predicted molar refractivity (Wildman–Crippen MR) is 135 cm³/mol. The number of aliphatic carboxylic acids is 2. The number of carbonyl (C=O) groups is 3. The van der Waals surface area contributed by atoms with Crippen LogP contribution < -0.4 is 0 Å². The van der Waals surface area contributed by atoms with E-state index in [4.69, 9.17) is 14.9 Å². The van der Waals surface area contributed by atoms with E-state index >= 15 is 0 Å². The lowest BCUT2D eigenvalue weighted by atomic mass is 10.1. The zero-order valence-corrected chi connectivity index (χ0v) is 21.6. The van der Waals surface area contributed by atoms with Gasteiger partial charge in [0.25, 0.3) is 0 Å². The van der Waals surface area contributed by atoms with Crippen LogP contribution in [0.15, 0.2) is 0 Å². The fourth-order valence-electron chi connectivity index (χ4n) is 3.42. The quantitative estimate of drug-likeness (QED) is 0.116. The van der Waals surface area contributed by atoms with Crippen LogP contribution in [0.4, 0.5) is 0 Å². The lowest BCUT2D eigenvalue weighted by molar-refractivity contribution is -0.144. The lowest BCUT2D eigenvalue weighted by Gasteiger charge is -2.04. The largest absolute Gasteiger partial charge is 0.481 e. The van der Waals surface area contributed by atoms with E-state index in [0.29, 0.717) is 25.9 Å². The molecule has 0 aromatic rings. The van der Waals surface area contributed by atoms with E-state index in [9.17, 15) is 14.4 Å². The summed E-state index contributed by atoms with van der Waals surface area (Å²) in [6, 6.07) is 0. The van der Waals surface area contributed by atoms with Crippen LogP contribution in [0.5, 0.6) is 0 Å². The molecule has 2 N–H and O–H groups in total. The highest BCUT2D eigenvalue weighted by Gasteiger charge is 2.02. The molecule has 0 rings (SSSR count). The van der Waals surface area contributed by atoms with Crippen molar-refractivity contribution in [2.45, 2.75) is 149 Å². The number of carboxylic acids is 2. The molecule has 196 valence electrons. The molecule has 6 heteroatoms. The van der Waals surface area contributed by atoms with Crippen molar-refractivity contribution in [3.8, 4) is 0 Å². The maximum atomic E-state index is 11.4. The van der Waals surface area contributed by atoms with Crippen molar-refractivity contribution in [1.82, 2.24) is 0 Å². The Bertz CT molecular complexity index is 432. The zero-order chi connectivity index (χ0) is 25.0. The van der Waals surface area contributed by atoms with Crippen LogP contribution in [-0.4, -0.2) is 34.7 Å². The monoisotopic (exact) mass is 472 g/mol. The van der Waals surface area contributed by atoms with Crippen molar-refractivity contribution in [3.63, 3.8) is 0 Å². The molecule has 6 nitrogen and oxygen atoms in total. The Hall–Kier alpha value is -1.59. The standard InChI is InChI=1S/C18H36O2.C9H16O4/c1-3-5-7-8-9-10-11-12-13-14-15-16-18(19)20-17-6-4-2;10-8(11)6-4-2-1-3-5-7-9(12)13/h3-17H2,1-2H3;1-7H2,(H,10,11)(H,12,13). The highest BCUT2D eigenvalue weighted by atomic mass is 16.5. The highest BCUT2D eigenvalue weighted by Crippen LogP contribution is 2.12. The van der Waals surface area contributed by atoms with Gasteiger partial charge in [-0.2, -0.15) is 0 Å². The molecule has 0 atom stereocenters. The Labute approximate surface area is 202 Å². The number of esters is 1. The Balaban J connectivity index is 0. The van der Waals surface area contributed by atoms with E-state index in [0.717, 1.165) is 38.5 Å². The van der Waals surface area contributed by atoms with Crippen molar-refractivity contribution in [1.29, 1.82) is 0 Å². The molecule has 0 aliphatic rings. The number of hydrogen-bond donors (Lipinski definition) is 2. The Morgan fingerprint density at radius 3 is 1.18 bits per heavy atom. The Kier molecular flexibility index (Phi) is 28.9. The number of hydrogen-bond acceptors (Lipinski definition) is 4. The first kappa shape index (κ1) is 33.6. The molecule has 0 aromatic heterocycles. The van der Waals surface area contributed by atoms with Crippen LogP contribution in [0.2, 0.25) is 0 Å². The third-order valence-electron chi connectivity index (χ3n) is 5.53. The molecule has 0 bridgehead atoms. The van der Waals surface area contributed by atoms with Crippen LogP contribution in [0.1, 0.15) is 149 Å². The molecule has 33 heavy (non-hydrogen) atoms. The van der Waals surface area contributed by atoms with Crippen LogP contribution in [-0.2, 0) is 19.1 Å². The first-order valence-electron chi connectivity index (χ1n) is 13.5. The fraction of sp³-hybridized carbons (Fsp3) is 0.889. The summed E-state index contributed by atoms with van der Waals surface area (Å²) in [5.74, 6) is -1.52. The number of carbonyl (C=O) groups excluding carboxylic acids is 1. The van der Waals surface area contributed by atoms with E-state index in [1.807, 2.05) is 0 Å². The van der Waals surface area contributed by atoms with Crippen molar-refractivity contribution in [2.24, 2.45) is 0 Å². The van der Waals surface area contributed by atoms with Crippen molar-refractivity contribution in [3.05, 3.63) is 0 Å². The number of rotatable bonds is 23. The molecule has 0 spiro atoms. The van der Waals surface area contributed by atoms with E-state index in [2.05, 4.69) is 13.8 Å². The minimum atomic E-state index is -0.759. The summed E-state index contributed by atoms with van der Waals surface area (Å²) in [5.41, 5.74) is 0. The van der Waals surface area contributed by atoms with Gasteiger partial charge in [-0.3, -0.25) is 14.4 Å². The summed E-state index contributed by atoms with van der Waals surface area (Å²) < 4.78 is 5.14. The topological polar surface area (TPSA) is 101 Å². The minimum absolute atomic E-state index is 0.00521. The second kappa shape index (κ2) is 28.4. The number of unbranched alkanes of at least 4 members (excludes halogenated alkanes) is 15. The average Bonchev–Trinajstić information content (AvgIpc) is 2.77. The Morgan fingerprint density at radius 1 is 0.485 bits per heavy atom. The number of carboxylic acid groups (broad SMARTS) is 2. The van der Waals surface area contributed by atoms with Crippen LogP contribution in [0, 0.1) is 0 Å². The SMILES string of the molecule is CCCCCCCCCCCCCC(=O)OCCCC.O=C(O)CCCCCCCC(=O)O. The molecule has 0 amide bonds. The van der Waals surface area contributed by atoms with Crippen molar-refractivity contribution >= 4 is 17.9 Å². The van der Waals surface area contributed by atoms with Crippen LogP contribution in [0.25, 0.3) is 0 Å². The molecular formula is C27H52O6. The normalized spacial score (nSPS) is 10.4. The van der Waals surface area contributed by atoms with Gasteiger partial charge in [-0.05, 0) is 25.7 Å². The maximum Gasteiger partial charge on any atom is 0.305 e. The van der Waals surface area contributed by atoms with Gasteiger partial charge in [-0.15, -0.1) is 0 Å². The molecule has 0 saturated heterocycles. The van der Waals surface area contributed by atoms with Crippen LogP contribution in [0.3, 0.4) is 0 Å². The summed E-state index contributed by atoms with van der Waals surface area (Å²) in [7, 11) is 0. The van der Waals surface area contributed by atoms with Gasteiger partial charge in [-0.25, -0.2) is 0 Å². The molecule has 0 saturated carbocycles. The van der Waals surface area contributed by atoms with Crippen molar-refractivity contribution in [2.75, 3.05) is 6.61 Å². The molecule has 0 unspecified atom stereocenters. The average molecular weight is 473 g/mol. The molecular weight excluding hydrogens is 420 g/mol. The van der Waals surface area contributed by atoms with Crippen molar-refractivity contribution < 1.29 is 29.3 Å². The lowest BCUT2D eigenvalue weighted by Crippen LogP contribution is -2.05. The highest BCUT2D eigenvalue weighted by molar-refractivity contribution is 5.69. The van der Waals surface area contributed by atoms with E-state index in [1.165, 1.54) is 64.2 Å². The summed E-state index contributed by atoms with van der Waals surface area (Å²) in [6.45, 7) is 4.98. The minimum Gasteiger partial charge on any atom is -0.481 e. The molecule has 0 radical (unpaired) electrons. The molecule has 0 aromatic carbocycles. The van der Waals surface area contributed by atoms with Gasteiger partial charge in [0, 0.05) is 19.3 Å². The second-order valence-electron chi connectivity index (χ2n) is 8.91. The first-order chi connectivity index (χ1) is 15.9. The van der Waals surface area contributed by atoms with Gasteiger partial charge in [0.2, 0.25) is 0 Å². The molecule has 0 heterocycles. The summed E-state index contributed by atoms with van der Waals surface area (Å²) in [4.78, 5) is 31.6.